The number of carboxylic acid groups (broad SMARTS) is 1. The maximum Gasteiger partial charge on any atom is 0.325 e. The first-order valence-electron chi connectivity index (χ1n) is 5.65. The number of amides is 3. The summed E-state index contributed by atoms with van der Waals surface area (Å²) in [7, 11) is 0. The first-order valence-corrected chi connectivity index (χ1v) is 5.65. The Bertz CT molecular complexity index is 514. The maximum atomic E-state index is 12.8. The zero-order valence-electron chi connectivity index (χ0n) is 10.3. The third kappa shape index (κ3) is 5.89. The lowest BCUT2D eigenvalue weighted by molar-refractivity contribution is -0.137. The average molecular weight is 286 g/mol. The van der Waals surface area contributed by atoms with E-state index in [1.807, 2.05) is 5.32 Å². The van der Waals surface area contributed by atoms with Crippen LogP contribution in [0.5, 0.6) is 0 Å². The van der Waals surface area contributed by atoms with Crippen LogP contribution >= 0.6 is 0 Å². The molecular formula is C12H12F2N2O4. The quantitative estimate of drug-likeness (QED) is 0.770. The second-order valence-electron chi connectivity index (χ2n) is 3.91. The van der Waals surface area contributed by atoms with Gasteiger partial charge in [-0.2, -0.15) is 0 Å². The minimum atomic E-state index is -1.04. The highest BCUT2D eigenvalue weighted by Crippen LogP contribution is 2.12. The maximum absolute atomic E-state index is 12.8. The van der Waals surface area contributed by atoms with Crippen molar-refractivity contribution in [1.82, 2.24) is 5.32 Å². The fourth-order valence-corrected chi connectivity index (χ4v) is 1.38. The Morgan fingerprint density at radius 2 is 1.65 bits per heavy atom. The van der Waals surface area contributed by atoms with Crippen molar-refractivity contribution in [3.63, 3.8) is 0 Å². The van der Waals surface area contributed by atoms with Crippen molar-refractivity contribution in [3.05, 3.63) is 29.8 Å². The fraction of sp³-hybridized carbons (Fsp3) is 0.250. The highest BCUT2D eigenvalue weighted by Gasteiger charge is 2.10. The Kier molecular flexibility index (Phi) is 5.57. The van der Waals surface area contributed by atoms with Crippen molar-refractivity contribution in [2.45, 2.75) is 19.3 Å². The molecule has 0 spiro atoms. The topological polar surface area (TPSA) is 95.5 Å². The normalized spacial score (nSPS) is 9.90. The van der Waals surface area contributed by atoms with Crippen molar-refractivity contribution >= 4 is 23.6 Å². The van der Waals surface area contributed by atoms with E-state index in [9.17, 15) is 23.2 Å². The predicted molar refractivity (Wildman–Crippen MR) is 65.0 cm³/mol. The van der Waals surface area contributed by atoms with Crippen molar-refractivity contribution in [1.29, 1.82) is 0 Å². The summed E-state index contributed by atoms with van der Waals surface area (Å²) < 4.78 is 25.7. The largest absolute Gasteiger partial charge is 0.481 e. The molecule has 0 aliphatic carbocycles. The molecule has 1 aromatic carbocycles. The summed E-state index contributed by atoms with van der Waals surface area (Å²) in [5.41, 5.74) is -0.140. The summed E-state index contributed by atoms with van der Waals surface area (Å²) in [6.07, 6.45) is -0.246. The molecule has 1 rings (SSSR count). The number of anilines is 1. The fourth-order valence-electron chi connectivity index (χ4n) is 1.38. The van der Waals surface area contributed by atoms with Gasteiger partial charge in [-0.15, -0.1) is 0 Å². The van der Waals surface area contributed by atoms with E-state index in [2.05, 4.69) is 5.32 Å². The van der Waals surface area contributed by atoms with Crippen LogP contribution in [0.15, 0.2) is 18.2 Å². The van der Waals surface area contributed by atoms with Gasteiger partial charge in [0.1, 0.15) is 11.6 Å². The molecular weight excluding hydrogens is 274 g/mol. The third-order valence-corrected chi connectivity index (χ3v) is 2.17. The number of hydrogen-bond donors (Lipinski definition) is 3. The molecule has 108 valence electrons. The summed E-state index contributed by atoms with van der Waals surface area (Å²) in [6, 6.07) is 1.46. The summed E-state index contributed by atoms with van der Waals surface area (Å²) in [5.74, 6) is -3.46. The van der Waals surface area contributed by atoms with E-state index in [1.54, 1.807) is 0 Å². The Morgan fingerprint density at radius 3 is 2.20 bits per heavy atom. The van der Waals surface area contributed by atoms with Gasteiger partial charge in [-0.3, -0.25) is 14.9 Å². The monoisotopic (exact) mass is 286 g/mol. The molecule has 3 N–H and O–H groups in total. The summed E-state index contributed by atoms with van der Waals surface area (Å²) in [6.45, 7) is 0. The molecule has 0 saturated carbocycles. The van der Waals surface area contributed by atoms with Gasteiger partial charge in [0.05, 0.1) is 0 Å². The van der Waals surface area contributed by atoms with Crippen LogP contribution < -0.4 is 10.6 Å². The zero-order chi connectivity index (χ0) is 15.1. The minimum Gasteiger partial charge on any atom is -0.481 e. The van der Waals surface area contributed by atoms with Gasteiger partial charge in [-0.1, -0.05) is 0 Å². The van der Waals surface area contributed by atoms with E-state index < -0.39 is 29.5 Å². The zero-order valence-corrected chi connectivity index (χ0v) is 10.3. The van der Waals surface area contributed by atoms with Crippen LogP contribution in [0.4, 0.5) is 19.3 Å². The van der Waals surface area contributed by atoms with Crippen LogP contribution in [0.3, 0.4) is 0 Å². The van der Waals surface area contributed by atoms with Gasteiger partial charge in [0, 0.05) is 24.6 Å². The van der Waals surface area contributed by atoms with Crippen molar-refractivity contribution in [2.75, 3.05) is 5.32 Å². The number of imide groups is 1. The van der Waals surface area contributed by atoms with E-state index >= 15 is 0 Å². The number of rotatable bonds is 5. The van der Waals surface area contributed by atoms with Gasteiger partial charge < -0.3 is 10.4 Å². The molecule has 0 aliphatic heterocycles. The summed E-state index contributed by atoms with van der Waals surface area (Å²) in [5, 5.41) is 12.4. The number of nitrogens with one attached hydrogen (secondary N) is 2. The number of benzene rings is 1. The summed E-state index contributed by atoms with van der Waals surface area (Å²) >= 11 is 0. The van der Waals surface area contributed by atoms with Gasteiger partial charge >= 0.3 is 12.0 Å². The second-order valence-corrected chi connectivity index (χ2v) is 3.91. The number of aliphatic carboxylic acids is 1. The Labute approximate surface area is 112 Å². The molecule has 0 heterocycles. The van der Waals surface area contributed by atoms with E-state index in [0.29, 0.717) is 6.07 Å². The molecule has 0 saturated heterocycles. The number of halogens is 2. The lowest BCUT2D eigenvalue weighted by Crippen LogP contribution is -2.34. The van der Waals surface area contributed by atoms with Gasteiger partial charge in [0.25, 0.3) is 0 Å². The molecule has 0 radical (unpaired) electrons. The lowest BCUT2D eigenvalue weighted by atomic mass is 10.2. The average Bonchev–Trinajstić information content (AvgIpc) is 2.25. The molecule has 0 aromatic heterocycles. The molecule has 1 aromatic rings. The SMILES string of the molecule is O=C(O)CCCC(=O)NC(=O)Nc1cc(F)cc(F)c1. The van der Waals surface area contributed by atoms with Gasteiger partial charge in [-0.05, 0) is 18.6 Å². The molecule has 0 unspecified atom stereocenters. The van der Waals surface area contributed by atoms with Crippen LogP contribution in [-0.2, 0) is 9.59 Å². The van der Waals surface area contributed by atoms with Crippen LogP contribution in [0.1, 0.15) is 19.3 Å². The Balaban J connectivity index is 2.43. The molecule has 20 heavy (non-hydrogen) atoms. The molecule has 0 bridgehead atoms. The first kappa shape index (κ1) is 15.5. The van der Waals surface area contributed by atoms with Crippen molar-refractivity contribution < 1.29 is 28.3 Å². The van der Waals surface area contributed by atoms with Gasteiger partial charge in [-0.25, -0.2) is 13.6 Å². The van der Waals surface area contributed by atoms with E-state index in [1.165, 1.54) is 0 Å². The van der Waals surface area contributed by atoms with Crippen molar-refractivity contribution in [3.8, 4) is 0 Å². The molecule has 8 heteroatoms. The highest BCUT2D eigenvalue weighted by molar-refractivity contribution is 6.01. The van der Waals surface area contributed by atoms with E-state index in [-0.39, 0.29) is 24.9 Å². The molecule has 6 nitrogen and oxygen atoms in total. The van der Waals surface area contributed by atoms with Crippen molar-refractivity contribution in [2.24, 2.45) is 0 Å². The molecule has 0 aliphatic rings. The van der Waals surface area contributed by atoms with E-state index in [0.717, 1.165) is 12.1 Å². The minimum absolute atomic E-state index is 0.0863. The number of carboxylic acids is 1. The lowest BCUT2D eigenvalue weighted by Gasteiger charge is -2.06. The first-order chi connectivity index (χ1) is 9.36. The number of carbonyl (C=O) groups excluding carboxylic acids is 2. The smallest absolute Gasteiger partial charge is 0.325 e. The number of hydrogen-bond acceptors (Lipinski definition) is 3. The Morgan fingerprint density at radius 1 is 1.05 bits per heavy atom. The van der Waals surface area contributed by atoms with E-state index in [4.69, 9.17) is 5.11 Å². The van der Waals surface area contributed by atoms with Gasteiger partial charge in [0.2, 0.25) is 5.91 Å². The standard InChI is InChI=1S/C12H12F2N2O4/c13-7-4-8(14)6-9(5-7)15-12(20)16-10(17)2-1-3-11(18)19/h4-6H,1-3H2,(H,18,19)(H2,15,16,17,20). The predicted octanol–water partition coefficient (Wildman–Crippen LogP) is 1.87. The molecule has 0 fully saturated rings. The van der Waals surface area contributed by atoms with Crippen LogP contribution in [0.2, 0.25) is 0 Å². The molecule has 3 amide bonds. The van der Waals surface area contributed by atoms with Crippen LogP contribution in [0.25, 0.3) is 0 Å². The summed E-state index contributed by atoms with van der Waals surface area (Å²) in [4.78, 5) is 32.8. The number of carbonyl (C=O) groups is 3. The third-order valence-electron chi connectivity index (χ3n) is 2.17. The second kappa shape index (κ2) is 7.17. The number of urea groups is 1. The highest BCUT2D eigenvalue weighted by atomic mass is 19.1. The van der Waals surface area contributed by atoms with Gasteiger partial charge in [0.15, 0.2) is 0 Å². The molecule has 0 atom stereocenters. The van der Waals surface area contributed by atoms with Crippen LogP contribution in [0, 0.1) is 11.6 Å². The Hall–Kier alpha value is -2.51. The van der Waals surface area contributed by atoms with Crippen LogP contribution in [-0.4, -0.2) is 23.0 Å².